The highest BCUT2D eigenvalue weighted by atomic mass is 16.5. The highest BCUT2D eigenvalue weighted by Crippen LogP contribution is 2.27. The van der Waals surface area contributed by atoms with E-state index in [9.17, 15) is 10.0 Å². The Labute approximate surface area is 97.2 Å². The molecule has 0 aromatic heterocycles. The number of rotatable bonds is 4. The fraction of sp³-hybridized carbons (Fsp3) is 0.500. The number of hydrogen-bond donors (Lipinski definition) is 2. The molecule has 4 heteroatoms. The third-order valence-electron chi connectivity index (χ3n) is 3.17. The van der Waals surface area contributed by atoms with E-state index in [4.69, 9.17) is 4.74 Å². The predicted molar refractivity (Wildman–Crippen MR) is 66.1 cm³/mol. The van der Waals surface area contributed by atoms with Crippen LogP contribution in [0.5, 0.6) is 5.75 Å². The molecule has 1 aromatic rings. The smallest absolute Gasteiger partial charge is 0.492 e. The van der Waals surface area contributed by atoms with Crippen LogP contribution >= 0.6 is 0 Å². The summed E-state index contributed by atoms with van der Waals surface area (Å²) in [5, 5.41) is 18.5. The second-order valence-electron chi connectivity index (χ2n) is 4.57. The topological polar surface area (TPSA) is 49.7 Å². The summed E-state index contributed by atoms with van der Waals surface area (Å²) >= 11 is 0. The van der Waals surface area contributed by atoms with Gasteiger partial charge in [0.15, 0.2) is 0 Å². The molecule has 0 saturated carbocycles. The van der Waals surface area contributed by atoms with Gasteiger partial charge < -0.3 is 14.8 Å². The molecule has 0 aliphatic rings. The van der Waals surface area contributed by atoms with Crippen LogP contribution in [-0.2, 0) is 5.41 Å². The molecule has 0 spiro atoms. The monoisotopic (exact) mass is 222 g/mol. The molecule has 0 radical (unpaired) electrons. The van der Waals surface area contributed by atoms with E-state index < -0.39 is 7.12 Å². The third-order valence-corrected chi connectivity index (χ3v) is 3.17. The van der Waals surface area contributed by atoms with Gasteiger partial charge in [0.1, 0.15) is 5.75 Å². The Kier molecular flexibility index (Phi) is 4.00. The van der Waals surface area contributed by atoms with Crippen LogP contribution in [0.15, 0.2) is 18.2 Å². The van der Waals surface area contributed by atoms with Crippen molar-refractivity contribution in [2.75, 3.05) is 7.11 Å². The molecule has 0 unspecified atom stereocenters. The maximum absolute atomic E-state index is 9.27. The Morgan fingerprint density at radius 1 is 1.31 bits per heavy atom. The Morgan fingerprint density at radius 3 is 2.38 bits per heavy atom. The third kappa shape index (κ3) is 2.57. The molecule has 88 valence electrons. The molecular weight excluding hydrogens is 203 g/mol. The first-order valence-electron chi connectivity index (χ1n) is 5.47. The van der Waals surface area contributed by atoms with Crippen LogP contribution in [0.1, 0.15) is 32.8 Å². The summed E-state index contributed by atoms with van der Waals surface area (Å²) in [6.45, 7) is 6.37. The SMILES string of the molecule is CCC(C)(C)c1ccc(OC)c(B(O)O)c1. The van der Waals surface area contributed by atoms with E-state index in [1.54, 1.807) is 12.1 Å². The highest BCUT2D eigenvalue weighted by molar-refractivity contribution is 6.59. The summed E-state index contributed by atoms with van der Waals surface area (Å²) in [7, 11) is 0.0221. The lowest BCUT2D eigenvalue weighted by Crippen LogP contribution is -2.32. The number of methoxy groups -OCH3 is 1. The predicted octanol–water partition coefficient (Wildman–Crippen LogP) is 1.06. The van der Waals surface area contributed by atoms with E-state index in [1.165, 1.54) is 7.11 Å². The molecule has 16 heavy (non-hydrogen) atoms. The van der Waals surface area contributed by atoms with E-state index >= 15 is 0 Å². The standard InChI is InChI=1S/C12H19BO3/c1-5-12(2,3)9-6-7-11(16-4)10(8-9)13(14)15/h6-8,14-15H,5H2,1-4H3. The Bertz CT molecular complexity index is 361. The summed E-state index contributed by atoms with van der Waals surface area (Å²) in [6.07, 6.45) is 0.986. The lowest BCUT2D eigenvalue weighted by molar-refractivity contribution is 0.402. The molecule has 0 fully saturated rings. The van der Waals surface area contributed by atoms with Crippen LogP contribution < -0.4 is 10.2 Å². The summed E-state index contributed by atoms with van der Waals surface area (Å²) in [4.78, 5) is 0. The van der Waals surface area contributed by atoms with Gasteiger partial charge in [0.25, 0.3) is 0 Å². The van der Waals surface area contributed by atoms with Crippen molar-refractivity contribution in [3.05, 3.63) is 23.8 Å². The summed E-state index contributed by atoms with van der Waals surface area (Å²) < 4.78 is 5.09. The van der Waals surface area contributed by atoms with Crippen molar-refractivity contribution >= 4 is 12.6 Å². The highest BCUT2D eigenvalue weighted by Gasteiger charge is 2.23. The average molecular weight is 222 g/mol. The number of benzene rings is 1. The van der Waals surface area contributed by atoms with Crippen molar-refractivity contribution < 1.29 is 14.8 Å². The largest absolute Gasteiger partial charge is 0.497 e. The van der Waals surface area contributed by atoms with Gasteiger partial charge in [-0.05, 0) is 23.5 Å². The minimum atomic E-state index is -1.50. The van der Waals surface area contributed by atoms with Gasteiger partial charge in [0.05, 0.1) is 7.11 Å². The molecule has 3 nitrogen and oxygen atoms in total. The zero-order valence-electron chi connectivity index (χ0n) is 10.3. The van der Waals surface area contributed by atoms with E-state index in [0.29, 0.717) is 11.2 Å². The van der Waals surface area contributed by atoms with Crippen molar-refractivity contribution in [1.29, 1.82) is 0 Å². The zero-order valence-corrected chi connectivity index (χ0v) is 10.3. The Balaban J connectivity index is 3.22. The average Bonchev–Trinajstić information content (AvgIpc) is 2.28. The quantitative estimate of drug-likeness (QED) is 0.749. The Hall–Kier alpha value is -0.995. The summed E-state index contributed by atoms with van der Waals surface area (Å²) in [5.41, 5.74) is 1.52. The molecule has 1 aromatic carbocycles. The van der Waals surface area contributed by atoms with Gasteiger partial charge in [-0.25, -0.2) is 0 Å². The normalized spacial score (nSPS) is 11.4. The number of ether oxygens (including phenoxy) is 1. The van der Waals surface area contributed by atoms with Crippen molar-refractivity contribution in [2.45, 2.75) is 32.6 Å². The molecule has 0 heterocycles. The van der Waals surface area contributed by atoms with Gasteiger partial charge in [-0.2, -0.15) is 0 Å². The van der Waals surface area contributed by atoms with Crippen molar-refractivity contribution in [1.82, 2.24) is 0 Å². The van der Waals surface area contributed by atoms with Crippen molar-refractivity contribution in [3.8, 4) is 5.75 Å². The molecule has 0 atom stereocenters. The molecule has 0 saturated heterocycles. The lowest BCUT2D eigenvalue weighted by atomic mass is 9.74. The number of hydrogen-bond acceptors (Lipinski definition) is 3. The molecule has 1 rings (SSSR count). The lowest BCUT2D eigenvalue weighted by Gasteiger charge is -2.24. The minimum absolute atomic E-state index is 0.0237. The van der Waals surface area contributed by atoms with Gasteiger partial charge in [-0.1, -0.05) is 32.9 Å². The van der Waals surface area contributed by atoms with Gasteiger partial charge >= 0.3 is 7.12 Å². The van der Waals surface area contributed by atoms with Crippen LogP contribution in [0.4, 0.5) is 0 Å². The van der Waals surface area contributed by atoms with Crippen molar-refractivity contribution in [2.24, 2.45) is 0 Å². The van der Waals surface area contributed by atoms with E-state index in [2.05, 4.69) is 20.8 Å². The fourth-order valence-electron chi connectivity index (χ4n) is 1.56. The summed E-state index contributed by atoms with van der Waals surface area (Å²) in [6, 6.07) is 5.54. The van der Waals surface area contributed by atoms with E-state index in [0.717, 1.165) is 12.0 Å². The van der Waals surface area contributed by atoms with Crippen LogP contribution in [0.2, 0.25) is 0 Å². The van der Waals surface area contributed by atoms with Crippen LogP contribution in [0.3, 0.4) is 0 Å². The molecule has 0 aliphatic heterocycles. The maximum Gasteiger partial charge on any atom is 0.492 e. The van der Waals surface area contributed by atoms with Crippen LogP contribution in [0.25, 0.3) is 0 Å². The molecular formula is C12H19BO3. The second-order valence-corrected chi connectivity index (χ2v) is 4.57. The first-order valence-corrected chi connectivity index (χ1v) is 5.47. The van der Waals surface area contributed by atoms with Crippen LogP contribution in [-0.4, -0.2) is 24.3 Å². The molecule has 2 N–H and O–H groups in total. The first kappa shape index (κ1) is 13.1. The van der Waals surface area contributed by atoms with Crippen LogP contribution in [0, 0.1) is 0 Å². The van der Waals surface area contributed by atoms with E-state index in [-0.39, 0.29) is 5.41 Å². The van der Waals surface area contributed by atoms with Gasteiger partial charge in [-0.15, -0.1) is 0 Å². The van der Waals surface area contributed by atoms with Crippen molar-refractivity contribution in [3.63, 3.8) is 0 Å². The molecule has 0 aliphatic carbocycles. The zero-order chi connectivity index (χ0) is 12.3. The minimum Gasteiger partial charge on any atom is -0.497 e. The fourth-order valence-corrected chi connectivity index (χ4v) is 1.56. The second kappa shape index (κ2) is 4.89. The van der Waals surface area contributed by atoms with Gasteiger partial charge in [0.2, 0.25) is 0 Å². The van der Waals surface area contributed by atoms with E-state index in [1.807, 2.05) is 6.07 Å². The maximum atomic E-state index is 9.27. The first-order chi connectivity index (χ1) is 7.42. The molecule has 0 bridgehead atoms. The van der Waals surface area contributed by atoms with Gasteiger partial charge in [-0.3, -0.25) is 0 Å². The Morgan fingerprint density at radius 2 is 1.94 bits per heavy atom. The van der Waals surface area contributed by atoms with Gasteiger partial charge in [0, 0.05) is 5.46 Å². The molecule has 0 amide bonds. The summed E-state index contributed by atoms with van der Waals surface area (Å²) in [5.74, 6) is 0.505.